The van der Waals surface area contributed by atoms with Crippen molar-refractivity contribution in [1.82, 2.24) is 14.5 Å². The van der Waals surface area contributed by atoms with Gasteiger partial charge < -0.3 is 5.32 Å². The Morgan fingerprint density at radius 2 is 1.94 bits per heavy atom. The van der Waals surface area contributed by atoms with E-state index in [1.54, 1.807) is 23.6 Å². The number of fused-ring (bicyclic) bond motifs is 1. The summed E-state index contributed by atoms with van der Waals surface area (Å²) in [6.45, 7) is 3.55. The van der Waals surface area contributed by atoms with Crippen LogP contribution in [0.15, 0.2) is 57.4 Å². The third-order valence-corrected chi connectivity index (χ3v) is 6.61. The molecule has 0 unspecified atom stereocenters. The van der Waals surface area contributed by atoms with Crippen molar-refractivity contribution in [3.05, 3.63) is 96.2 Å². The minimum Gasteiger partial charge on any atom is -0.350 e. The molecule has 32 heavy (non-hydrogen) atoms. The Labute approximate surface area is 191 Å². The van der Waals surface area contributed by atoms with E-state index in [2.05, 4.69) is 5.32 Å². The molecule has 2 heterocycles. The lowest BCUT2D eigenvalue weighted by molar-refractivity contribution is -0.121. The summed E-state index contributed by atoms with van der Waals surface area (Å²) in [6, 6.07) is 11.0. The number of rotatable bonds is 5. The van der Waals surface area contributed by atoms with Gasteiger partial charge >= 0.3 is 5.69 Å². The second kappa shape index (κ2) is 8.72. The van der Waals surface area contributed by atoms with Crippen LogP contribution in [-0.2, 0) is 17.9 Å². The van der Waals surface area contributed by atoms with E-state index in [0.717, 1.165) is 15.7 Å². The van der Waals surface area contributed by atoms with E-state index in [1.807, 2.05) is 19.9 Å². The van der Waals surface area contributed by atoms with Gasteiger partial charge in [-0.05, 0) is 60.2 Å². The Bertz CT molecular complexity index is 1470. The fraction of sp³-hybridized carbons (Fsp3) is 0.174. The van der Waals surface area contributed by atoms with Crippen LogP contribution in [0.3, 0.4) is 0 Å². The summed E-state index contributed by atoms with van der Waals surface area (Å²) in [5.41, 5.74) is 2.19. The zero-order valence-corrected chi connectivity index (χ0v) is 18.9. The molecule has 0 aliphatic heterocycles. The molecule has 2 aromatic heterocycles. The van der Waals surface area contributed by atoms with Crippen molar-refractivity contribution in [2.75, 3.05) is 0 Å². The molecule has 0 radical (unpaired) electrons. The van der Waals surface area contributed by atoms with Gasteiger partial charge in [-0.25, -0.2) is 13.8 Å². The van der Waals surface area contributed by atoms with Gasteiger partial charge in [-0.3, -0.25) is 14.2 Å². The summed E-state index contributed by atoms with van der Waals surface area (Å²) in [7, 11) is 0. The SMILES string of the molecule is Cc1cccc(-n2c(=O)c3sccc3n(CC(=O)NCc3ccc(F)cc3Cl)c2=O)c1C. The van der Waals surface area contributed by atoms with Crippen LogP contribution in [0.4, 0.5) is 4.39 Å². The van der Waals surface area contributed by atoms with Gasteiger partial charge in [-0.15, -0.1) is 11.3 Å². The van der Waals surface area contributed by atoms with Gasteiger partial charge in [0.05, 0.1) is 11.2 Å². The highest BCUT2D eigenvalue weighted by molar-refractivity contribution is 7.17. The van der Waals surface area contributed by atoms with Crippen molar-refractivity contribution < 1.29 is 9.18 Å². The van der Waals surface area contributed by atoms with Gasteiger partial charge in [0.2, 0.25) is 5.91 Å². The largest absolute Gasteiger partial charge is 0.350 e. The van der Waals surface area contributed by atoms with Crippen molar-refractivity contribution in [3.8, 4) is 5.69 Å². The maximum atomic E-state index is 13.4. The number of thiophene rings is 1. The minimum absolute atomic E-state index is 0.0795. The fourth-order valence-corrected chi connectivity index (χ4v) is 4.55. The predicted molar refractivity (Wildman–Crippen MR) is 124 cm³/mol. The number of carbonyl (C=O) groups is 1. The topological polar surface area (TPSA) is 73.1 Å². The van der Waals surface area contributed by atoms with E-state index in [-0.39, 0.29) is 18.1 Å². The summed E-state index contributed by atoms with van der Waals surface area (Å²) < 4.78 is 16.0. The van der Waals surface area contributed by atoms with Crippen LogP contribution in [0.2, 0.25) is 5.02 Å². The number of nitrogens with one attached hydrogen (secondary N) is 1. The van der Waals surface area contributed by atoms with Crippen molar-refractivity contribution >= 4 is 39.1 Å². The summed E-state index contributed by atoms with van der Waals surface area (Å²) >= 11 is 7.23. The molecular weight excluding hydrogens is 453 g/mol. The summed E-state index contributed by atoms with van der Waals surface area (Å²) in [4.78, 5) is 39.1. The molecule has 0 bridgehead atoms. The van der Waals surface area contributed by atoms with Crippen molar-refractivity contribution in [2.24, 2.45) is 0 Å². The molecule has 0 spiro atoms. The van der Waals surface area contributed by atoms with Gasteiger partial charge in [0.1, 0.15) is 17.1 Å². The number of hydrogen-bond acceptors (Lipinski definition) is 4. The molecule has 1 N–H and O–H groups in total. The van der Waals surface area contributed by atoms with E-state index >= 15 is 0 Å². The fourth-order valence-electron chi connectivity index (χ4n) is 3.49. The van der Waals surface area contributed by atoms with Gasteiger partial charge in [0, 0.05) is 11.6 Å². The maximum Gasteiger partial charge on any atom is 0.336 e. The average Bonchev–Trinajstić information content (AvgIpc) is 3.24. The van der Waals surface area contributed by atoms with E-state index in [4.69, 9.17) is 11.6 Å². The molecule has 9 heteroatoms. The second-order valence-corrected chi connectivity index (χ2v) is 8.70. The van der Waals surface area contributed by atoms with Crippen molar-refractivity contribution in [3.63, 3.8) is 0 Å². The molecule has 0 atom stereocenters. The number of aryl methyl sites for hydroxylation is 1. The molecule has 0 saturated carbocycles. The Balaban J connectivity index is 1.72. The monoisotopic (exact) mass is 471 g/mol. The molecule has 4 aromatic rings. The smallest absolute Gasteiger partial charge is 0.336 e. The van der Waals surface area contributed by atoms with Crippen molar-refractivity contribution in [1.29, 1.82) is 0 Å². The lowest BCUT2D eigenvalue weighted by Crippen LogP contribution is -2.41. The number of nitrogens with zero attached hydrogens (tertiary/aromatic N) is 2. The van der Waals surface area contributed by atoms with Gasteiger partial charge in [-0.1, -0.05) is 29.8 Å². The van der Waals surface area contributed by atoms with E-state index < -0.39 is 23.0 Å². The highest BCUT2D eigenvalue weighted by atomic mass is 35.5. The quantitative estimate of drug-likeness (QED) is 0.479. The lowest BCUT2D eigenvalue weighted by atomic mass is 10.1. The number of aromatic nitrogens is 2. The molecule has 4 rings (SSSR count). The van der Waals surface area contributed by atoms with Crippen LogP contribution in [0.1, 0.15) is 16.7 Å². The maximum absolute atomic E-state index is 13.4. The van der Waals surface area contributed by atoms with Crippen LogP contribution in [-0.4, -0.2) is 15.0 Å². The van der Waals surface area contributed by atoms with E-state index in [0.29, 0.717) is 21.5 Å². The normalized spacial score (nSPS) is 11.1. The minimum atomic E-state index is -0.593. The zero-order valence-electron chi connectivity index (χ0n) is 17.3. The third-order valence-electron chi connectivity index (χ3n) is 5.36. The van der Waals surface area contributed by atoms with Gasteiger partial charge in [0.25, 0.3) is 5.56 Å². The number of carbonyl (C=O) groups excluding carboxylic acids is 1. The van der Waals surface area contributed by atoms with Crippen LogP contribution in [0.25, 0.3) is 15.9 Å². The van der Waals surface area contributed by atoms with E-state index in [9.17, 15) is 18.8 Å². The Morgan fingerprint density at radius 3 is 2.69 bits per heavy atom. The molecule has 2 aromatic carbocycles. The summed E-state index contributed by atoms with van der Waals surface area (Å²) in [5.74, 6) is -0.906. The van der Waals surface area contributed by atoms with Crippen LogP contribution >= 0.6 is 22.9 Å². The van der Waals surface area contributed by atoms with E-state index in [1.165, 1.54) is 34.1 Å². The highest BCUT2D eigenvalue weighted by Gasteiger charge is 2.19. The summed E-state index contributed by atoms with van der Waals surface area (Å²) in [6.07, 6.45) is 0. The number of halogens is 2. The molecule has 0 aliphatic carbocycles. The van der Waals surface area contributed by atoms with Gasteiger partial charge in [0.15, 0.2) is 0 Å². The predicted octanol–water partition coefficient (Wildman–Crippen LogP) is 3.94. The zero-order chi connectivity index (χ0) is 23.0. The molecule has 0 saturated heterocycles. The molecule has 0 aliphatic rings. The first-order valence-corrected chi connectivity index (χ1v) is 11.0. The average molecular weight is 472 g/mol. The van der Waals surface area contributed by atoms with Crippen LogP contribution < -0.4 is 16.6 Å². The summed E-state index contributed by atoms with van der Waals surface area (Å²) in [5, 5.41) is 4.61. The molecule has 6 nitrogen and oxygen atoms in total. The standard InChI is InChI=1S/C23H19ClFN3O3S/c1-13-4-3-5-18(14(13)2)28-22(30)21-19(8-9-32-21)27(23(28)31)12-20(29)26-11-15-6-7-16(25)10-17(15)24/h3-10H,11-12H2,1-2H3,(H,26,29). The molecule has 164 valence electrons. The van der Waals surface area contributed by atoms with Crippen molar-refractivity contribution in [2.45, 2.75) is 26.9 Å². The Hall–Kier alpha value is -3.23. The number of benzene rings is 2. The first-order chi connectivity index (χ1) is 15.3. The van der Waals surface area contributed by atoms with Crippen LogP contribution in [0, 0.1) is 19.7 Å². The second-order valence-electron chi connectivity index (χ2n) is 7.38. The number of hydrogen-bond donors (Lipinski definition) is 1. The first kappa shape index (κ1) is 22.0. The van der Waals surface area contributed by atoms with Crippen LogP contribution in [0.5, 0.6) is 0 Å². The molecule has 1 amide bonds. The lowest BCUT2D eigenvalue weighted by Gasteiger charge is -2.15. The Kier molecular flexibility index (Phi) is 5.99. The highest BCUT2D eigenvalue weighted by Crippen LogP contribution is 2.20. The number of amides is 1. The molecular formula is C23H19ClFN3O3S. The first-order valence-electron chi connectivity index (χ1n) is 9.78. The van der Waals surface area contributed by atoms with Gasteiger partial charge in [-0.2, -0.15) is 0 Å². The Morgan fingerprint density at radius 1 is 1.16 bits per heavy atom. The third kappa shape index (κ3) is 3.99. The molecule has 0 fully saturated rings.